The van der Waals surface area contributed by atoms with Crippen LogP contribution in [-0.4, -0.2) is 5.24 Å². The van der Waals surface area contributed by atoms with E-state index >= 15 is 0 Å². The van der Waals surface area contributed by atoms with Gasteiger partial charge in [0.2, 0.25) is 5.24 Å². The quantitative estimate of drug-likeness (QED) is 0.712. The lowest BCUT2D eigenvalue weighted by Gasteiger charge is -2.12. The van der Waals surface area contributed by atoms with Crippen LogP contribution in [0.25, 0.3) is 11.1 Å². The number of benzene rings is 2. The van der Waals surface area contributed by atoms with Crippen molar-refractivity contribution in [3.05, 3.63) is 58.6 Å². The summed E-state index contributed by atoms with van der Waals surface area (Å²) in [5, 5.41) is 0.390. The van der Waals surface area contributed by atoms with Crippen LogP contribution >= 0.6 is 23.2 Å². The summed E-state index contributed by atoms with van der Waals surface area (Å²) < 4.78 is 0. The van der Waals surface area contributed by atoms with Crippen LogP contribution in [0.4, 0.5) is 0 Å². The predicted octanol–water partition coefficient (Wildman–Crippen LogP) is 5.18. The molecule has 1 unspecified atom stereocenters. The molecule has 0 radical (unpaired) electrons. The van der Waals surface area contributed by atoms with Crippen molar-refractivity contribution in [3.8, 4) is 11.1 Å². The van der Waals surface area contributed by atoms with Crippen LogP contribution in [0, 0.1) is 6.92 Å². The van der Waals surface area contributed by atoms with Crippen molar-refractivity contribution < 1.29 is 4.79 Å². The van der Waals surface area contributed by atoms with Gasteiger partial charge in [0.05, 0.1) is 5.92 Å². The maximum absolute atomic E-state index is 11.2. The summed E-state index contributed by atoms with van der Waals surface area (Å²) in [5.74, 6) is -0.277. The third-order valence-electron chi connectivity index (χ3n) is 3.25. The van der Waals surface area contributed by atoms with Crippen molar-refractivity contribution in [1.82, 2.24) is 0 Å². The largest absolute Gasteiger partial charge is 0.281 e. The van der Waals surface area contributed by atoms with Crippen LogP contribution in [0.1, 0.15) is 24.0 Å². The van der Waals surface area contributed by atoms with E-state index in [0.29, 0.717) is 0 Å². The fourth-order valence-corrected chi connectivity index (χ4v) is 2.35. The van der Waals surface area contributed by atoms with Gasteiger partial charge in [-0.1, -0.05) is 48.9 Å². The minimum Gasteiger partial charge on any atom is -0.281 e. The Bertz CT molecular complexity index is 603. The lowest BCUT2D eigenvalue weighted by Crippen LogP contribution is -2.03. The zero-order valence-corrected chi connectivity index (χ0v) is 12.3. The van der Waals surface area contributed by atoms with Gasteiger partial charge in [0.1, 0.15) is 0 Å². The Morgan fingerprint density at radius 2 is 1.63 bits per heavy atom. The van der Waals surface area contributed by atoms with E-state index in [1.807, 2.05) is 50.2 Å². The summed E-state index contributed by atoms with van der Waals surface area (Å²) in [7, 11) is 0. The van der Waals surface area contributed by atoms with Crippen molar-refractivity contribution in [3.63, 3.8) is 0 Å². The zero-order valence-electron chi connectivity index (χ0n) is 10.8. The second-order valence-electron chi connectivity index (χ2n) is 4.60. The van der Waals surface area contributed by atoms with Crippen molar-refractivity contribution in [2.24, 2.45) is 0 Å². The monoisotopic (exact) mass is 292 g/mol. The van der Waals surface area contributed by atoms with Gasteiger partial charge < -0.3 is 0 Å². The molecule has 3 heteroatoms. The fourth-order valence-electron chi connectivity index (χ4n) is 2.11. The van der Waals surface area contributed by atoms with E-state index in [4.69, 9.17) is 23.2 Å². The molecule has 0 N–H and O–H groups in total. The average Bonchev–Trinajstić information content (AvgIpc) is 2.38. The molecule has 0 aliphatic rings. The van der Waals surface area contributed by atoms with Crippen LogP contribution in [0.3, 0.4) is 0 Å². The third kappa shape index (κ3) is 3.17. The molecule has 1 atom stereocenters. The molecule has 2 aromatic rings. The summed E-state index contributed by atoms with van der Waals surface area (Å²) in [6.45, 7) is 3.81. The first-order chi connectivity index (χ1) is 8.99. The molecule has 0 aliphatic carbocycles. The number of rotatable bonds is 3. The smallest absolute Gasteiger partial charge is 0.228 e. The maximum atomic E-state index is 11.2. The standard InChI is InChI=1S/C16H14Cl2O/c1-10-9-13(12-3-6-14(17)7-4-12)5-8-15(10)11(2)16(18)19/h3-9,11H,1-2H3. The zero-order chi connectivity index (χ0) is 14.0. The molecule has 0 spiro atoms. The Morgan fingerprint density at radius 1 is 1.05 bits per heavy atom. The molecule has 2 aromatic carbocycles. The van der Waals surface area contributed by atoms with Gasteiger partial charge in [0, 0.05) is 5.02 Å². The summed E-state index contributed by atoms with van der Waals surface area (Å²) >= 11 is 11.4. The number of hydrogen-bond acceptors (Lipinski definition) is 1. The van der Waals surface area contributed by atoms with Crippen LogP contribution in [-0.2, 0) is 4.79 Å². The Balaban J connectivity index is 2.38. The van der Waals surface area contributed by atoms with E-state index < -0.39 is 0 Å². The van der Waals surface area contributed by atoms with Crippen LogP contribution in [0.5, 0.6) is 0 Å². The highest BCUT2D eigenvalue weighted by Gasteiger charge is 2.15. The minimum absolute atomic E-state index is 0.277. The van der Waals surface area contributed by atoms with Gasteiger partial charge in [0.25, 0.3) is 0 Å². The fraction of sp³-hybridized carbons (Fsp3) is 0.188. The summed E-state index contributed by atoms with van der Waals surface area (Å²) in [6.07, 6.45) is 0. The summed E-state index contributed by atoms with van der Waals surface area (Å²) in [5.41, 5.74) is 4.24. The highest BCUT2D eigenvalue weighted by Crippen LogP contribution is 2.28. The average molecular weight is 293 g/mol. The highest BCUT2D eigenvalue weighted by molar-refractivity contribution is 6.64. The molecule has 0 saturated carbocycles. The number of carbonyl (C=O) groups is 1. The van der Waals surface area contributed by atoms with E-state index in [0.717, 1.165) is 27.3 Å². The molecule has 1 nitrogen and oxygen atoms in total. The highest BCUT2D eigenvalue weighted by atomic mass is 35.5. The van der Waals surface area contributed by atoms with Gasteiger partial charge >= 0.3 is 0 Å². The van der Waals surface area contributed by atoms with Gasteiger partial charge in [0.15, 0.2) is 0 Å². The number of aryl methyl sites for hydroxylation is 1. The van der Waals surface area contributed by atoms with Crippen LogP contribution in [0.15, 0.2) is 42.5 Å². The number of carbonyl (C=O) groups excluding carboxylic acids is 1. The molecule has 2 rings (SSSR count). The second-order valence-corrected chi connectivity index (χ2v) is 5.41. The molecule has 0 aliphatic heterocycles. The number of hydrogen-bond donors (Lipinski definition) is 0. The minimum atomic E-state index is -0.331. The molecule has 0 fully saturated rings. The van der Waals surface area contributed by atoms with Gasteiger partial charge in [-0.3, -0.25) is 4.79 Å². The molecule has 0 saturated heterocycles. The first-order valence-electron chi connectivity index (χ1n) is 6.05. The van der Waals surface area contributed by atoms with Crippen molar-refractivity contribution in [2.45, 2.75) is 19.8 Å². The Hall–Kier alpha value is -1.31. The Kier molecular flexibility index (Phi) is 4.28. The SMILES string of the molecule is Cc1cc(-c2ccc(Cl)cc2)ccc1C(C)C(=O)Cl. The van der Waals surface area contributed by atoms with Gasteiger partial charge in [-0.05, 0) is 52.9 Å². The van der Waals surface area contributed by atoms with Gasteiger partial charge in [-0.25, -0.2) is 0 Å². The maximum Gasteiger partial charge on any atom is 0.228 e. The topological polar surface area (TPSA) is 17.1 Å². The van der Waals surface area contributed by atoms with Gasteiger partial charge in [-0.2, -0.15) is 0 Å². The lowest BCUT2D eigenvalue weighted by molar-refractivity contribution is -0.112. The molecule has 0 amide bonds. The van der Waals surface area contributed by atoms with Crippen LogP contribution < -0.4 is 0 Å². The molecule has 0 heterocycles. The van der Waals surface area contributed by atoms with E-state index in [-0.39, 0.29) is 11.2 Å². The van der Waals surface area contributed by atoms with E-state index in [1.54, 1.807) is 0 Å². The Morgan fingerprint density at radius 3 is 2.16 bits per heavy atom. The first-order valence-corrected chi connectivity index (χ1v) is 6.80. The normalized spacial score (nSPS) is 12.2. The third-order valence-corrected chi connectivity index (χ3v) is 3.83. The number of halogens is 2. The van der Waals surface area contributed by atoms with E-state index in [1.165, 1.54) is 0 Å². The predicted molar refractivity (Wildman–Crippen MR) is 80.9 cm³/mol. The second kappa shape index (κ2) is 5.77. The van der Waals surface area contributed by atoms with Gasteiger partial charge in [-0.15, -0.1) is 0 Å². The molecular formula is C16H14Cl2O. The van der Waals surface area contributed by atoms with E-state index in [9.17, 15) is 4.79 Å². The molecule has 19 heavy (non-hydrogen) atoms. The van der Waals surface area contributed by atoms with Crippen molar-refractivity contribution in [1.29, 1.82) is 0 Å². The molecule has 98 valence electrons. The molecule has 0 aromatic heterocycles. The van der Waals surface area contributed by atoms with Crippen molar-refractivity contribution >= 4 is 28.4 Å². The summed E-state index contributed by atoms with van der Waals surface area (Å²) in [4.78, 5) is 11.2. The summed E-state index contributed by atoms with van der Waals surface area (Å²) in [6, 6.07) is 13.7. The Labute approximate surface area is 123 Å². The molecular weight excluding hydrogens is 279 g/mol. The van der Waals surface area contributed by atoms with E-state index in [2.05, 4.69) is 6.07 Å². The van der Waals surface area contributed by atoms with Crippen LogP contribution in [0.2, 0.25) is 5.02 Å². The molecule has 0 bridgehead atoms. The lowest BCUT2D eigenvalue weighted by atomic mass is 9.93. The first kappa shape index (κ1) is 14.1. The van der Waals surface area contributed by atoms with Crippen molar-refractivity contribution in [2.75, 3.05) is 0 Å².